The second-order valence-electron chi connectivity index (χ2n) is 4.66. The van der Waals surface area contributed by atoms with Gasteiger partial charge in [-0.15, -0.1) is 0 Å². The van der Waals surface area contributed by atoms with Crippen molar-refractivity contribution in [3.63, 3.8) is 0 Å². The lowest BCUT2D eigenvalue weighted by molar-refractivity contribution is -0.131. The zero-order chi connectivity index (χ0) is 11.4. The number of rotatable bonds is 3. The molecule has 4 nitrogen and oxygen atoms in total. The van der Waals surface area contributed by atoms with Crippen molar-refractivity contribution in [1.82, 2.24) is 9.80 Å². The molecule has 0 bridgehead atoms. The van der Waals surface area contributed by atoms with Crippen molar-refractivity contribution in [3.05, 3.63) is 12.2 Å². The van der Waals surface area contributed by atoms with Crippen LogP contribution in [0.1, 0.15) is 6.92 Å². The van der Waals surface area contributed by atoms with Crippen LogP contribution in [-0.2, 0) is 9.53 Å². The van der Waals surface area contributed by atoms with E-state index in [1.807, 2.05) is 11.0 Å². The van der Waals surface area contributed by atoms with E-state index in [0.717, 1.165) is 45.9 Å². The van der Waals surface area contributed by atoms with E-state index >= 15 is 0 Å². The van der Waals surface area contributed by atoms with Gasteiger partial charge in [-0.3, -0.25) is 9.69 Å². The van der Waals surface area contributed by atoms with E-state index in [2.05, 4.69) is 11.8 Å². The lowest BCUT2D eigenvalue weighted by atomic mass is 10.0. The van der Waals surface area contributed by atoms with Gasteiger partial charge in [0.1, 0.15) is 0 Å². The van der Waals surface area contributed by atoms with Crippen LogP contribution >= 0.6 is 0 Å². The molecule has 0 spiro atoms. The van der Waals surface area contributed by atoms with Gasteiger partial charge in [-0.05, 0) is 5.92 Å². The van der Waals surface area contributed by atoms with Crippen LogP contribution in [0.15, 0.2) is 12.2 Å². The second-order valence-corrected chi connectivity index (χ2v) is 4.66. The van der Waals surface area contributed by atoms with Gasteiger partial charge in [0, 0.05) is 38.8 Å². The summed E-state index contributed by atoms with van der Waals surface area (Å²) in [5.74, 6) is 0.836. The first-order valence-electron chi connectivity index (χ1n) is 6.01. The fraction of sp³-hybridized carbons (Fsp3) is 0.750. The number of carbonyl (C=O) groups is 1. The molecule has 0 aliphatic carbocycles. The molecule has 0 N–H and O–H groups in total. The summed E-state index contributed by atoms with van der Waals surface area (Å²) >= 11 is 0. The molecule has 1 amide bonds. The lowest BCUT2D eigenvalue weighted by Crippen LogP contribution is -2.48. The van der Waals surface area contributed by atoms with Crippen molar-refractivity contribution in [3.8, 4) is 0 Å². The Kier molecular flexibility index (Phi) is 3.96. The number of nitrogens with zero attached hydrogens (tertiary/aromatic N) is 2. The molecule has 0 aromatic rings. The van der Waals surface area contributed by atoms with Crippen LogP contribution < -0.4 is 0 Å². The Morgan fingerprint density at radius 2 is 2.06 bits per heavy atom. The molecule has 0 radical (unpaired) electrons. The zero-order valence-electron chi connectivity index (χ0n) is 9.89. The van der Waals surface area contributed by atoms with Crippen LogP contribution in [0.3, 0.4) is 0 Å². The number of hydrogen-bond donors (Lipinski definition) is 0. The van der Waals surface area contributed by atoms with Crippen molar-refractivity contribution < 1.29 is 9.53 Å². The van der Waals surface area contributed by atoms with Crippen molar-refractivity contribution in [2.24, 2.45) is 5.92 Å². The van der Waals surface area contributed by atoms with Gasteiger partial charge in [0.25, 0.3) is 0 Å². The molecule has 2 aliphatic rings. The number of likely N-dealkylation sites (tertiary alicyclic amines) is 1. The van der Waals surface area contributed by atoms with Crippen LogP contribution in [0.2, 0.25) is 0 Å². The van der Waals surface area contributed by atoms with E-state index in [-0.39, 0.29) is 5.91 Å². The third-order valence-electron chi connectivity index (χ3n) is 3.10. The topological polar surface area (TPSA) is 32.8 Å². The molecule has 2 fully saturated rings. The van der Waals surface area contributed by atoms with E-state index in [4.69, 9.17) is 4.74 Å². The minimum atomic E-state index is 0.159. The second kappa shape index (κ2) is 5.46. The lowest BCUT2D eigenvalue weighted by Gasteiger charge is -2.36. The third-order valence-corrected chi connectivity index (χ3v) is 3.10. The molecule has 0 aromatic carbocycles. The van der Waals surface area contributed by atoms with Gasteiger partial charge in [0.2, 0.25) is 5.91 Å². The number of hydrogen-bond acceptors (Lipinski definition) is 3. The SMILES string of the molecule is CC1CN(C(=O)/C=C/CN2CCOCC2)C1. The number of amides is 1. The molecular weight excluding hydrogens is 204 g/mol. The van der Waals surface area contributed by atoms with Gasteiger partial charge in [-0.1, -0.05) is 13.0 Å². The summed E-state index contributed by atoms with van der Waals surface area (Å²) in [6.45, 7) is 8.43. The molecule has 2 heterocycles. The van der Waals surface area contributed by atoms with Gasteiger partial charge in [0.05, 0.1) is 13.2 Å². The maximum Gasteiger partial charge on any atom is 0.246 e. The van der Waals surface area contributed by atoms with Crippen molar-refractivity contribution >= 4 is 5.91 Å². The van der Waals surface area contributed by atoms with Crippen LogP contribution in [0.5, 0.6) is 0 Å². The van der Waals surface area contributed by atoms with Gasteiger partial charge >= 0.3 is 0 Å². The van der Waals surface area contributed by atoms with E-state index in [9.17, 15) is 4.79 Å². The maximum absolute atomic E-state index is 11.6. The Morgan fingerprint density at radius 3 is 2.69 bits per heavy atom. The summed E-state index contributed by atoms with van der Waals surface area (Å²) in [5, 5.41) is 0. The Morgan fingerprint density at radius 1 is 1.38 bits per heavy atom. The highest BCUT2D eigenvalue weighted by Gasteiger charge is 2.25. The van der Waals surface area contributed by atoms with Crippen molar-refractivity contribution in [2.75, 3.05) is 45.9 Å². The first-order valence-corrected chi connectivity index (χ1v) is 6.01. The average molecular weight is 224 g/mol. The van der Waals surface area contributed by atoms with Crippen LogP contribution in [0, 0.1) is 5.92 Å². The van der Waals surface area contributed by atoms with E-state index in [0.29, 0.717) is 5.92 Å². The molecule has 2 aliphatic heterocycles. The maximum atomic E-state index is 11.6. The summed E-state index contributed by atoms with van der Waals surface area (Å²) in [6.07, 6.45) is 3.68. The largest absolute Gasteiger partial charge is 0.379 e. The van der Waals surface area contributed by atoms with Crippen molar-refractivity contribution in [1.29, 1.82) is 0 Å². The minimum Gasteiger partial charge on any atom is -0.379 e. The smallest absolute Gasteiger partial charge is 0.246 e. The zero-order valence-corrected chi connectivity index (χ0v) is 9.89. The standard InChI is InChI=1S/C12H20N2O2/c1-11-9-14(10-11)12(15)3-2-4-13-5-7-16-8-6-13/h2-3,11H,4-10H2,1H3/b3-2+. The summed E-state index contributed by atoms with van der Waals surface area (Å²) < 4.78 is 5.26. The third kappa shape index (κ3) is 3.06. The summed E-state index contributed by atoms with van der Waals surface area (Å²) in [4.78, 5) is 15.8. The molecule has 0 atom stereocenters. The van der Waals surface area contributed by atoms with Gasteiger partial charge in [0.15, 0.2) is 0 Å². The fourth-order valence-electron chi connectivity index (χ4n) is 2.07. The first kappa shape index (κ1) is 11.6. The van der Waals surface area contributed by atoms with E-state index < -0.39 is 0 Å². The fourth-order valence-corrected chi connectivity index (χ4v) is 2.07. The van der Waals surface area contributed by atoms with Crippen LogP contribution in [0.4, 0.5) is 0 Å². The molecule has 0 unspecified atom stereocenters. The van der Waals surface area contributed by atoms with Crippen molar-refractivity contribution in [2.45, 2.75) is 6.92 Å². The first-order chi connectivity index (χ1) is 7.75. The summed E-state index contributed by atoms with van der Waals surface area (Å²) in [7, 11) is 0. The predicted octanol–water partition coefficient (Wildman–Crippen LogP) is 0.353. The van der Waals surface area contributed by atoms with Crippen LogP contribution in [-0.4, -0.2) is 61.6 Å². The number of morpholine rings is 1. The number of ether oxygens (including phenoxy) is 1. The number of carbonyl (C=O) groups excluding carboxylic acids is 1. The highest BCUT2D eigenvalue weighted by atomic mass is 16.5. The summed E-state index contributed by atoms with van der Waals surface area (Å²) in [5.41, 5.74) is 0. The van der Waals surface area contributed by atoms with Crippen LogP contribution in [0.25, 0.3) is 0 Å². The molecular formula is C12H20N2O2. The molecule has 2 rings (SSSR count). The van der Waals surface area contributed by atoms with Gasteiger partial charge in [-0.2, -0.15) is 0 Å². The summed E-state index contributed by atoms with van der Waals surface area (Å²) in [6, 6.07) is 0. The highest BCUT2D eigenvalue weighted by molar-refractivity contribution is 5.88. The minimum absolute atomic E-state index is 0.159. The van der Waals surface area contributed by atoms with Gasteiger partial charge in [-0.25, -0.2) is 0 Å². The Labute approximate surface area is 96.8 Å². The quantitative estimate of drug-likeness (QED) is 0.649. The monoisotopic (exact) mass is 224 g/mol. The average Bonchev–Trinajstić information content (AvgIpc) is 2.26. The Hall–Kier alpha value is -0.870. The molecule has 4 heteroatoms. The molecule has 90 valence electrons. The molecule has 0 saturated carbocycles. The normalized spacial score (nSPS) is 23.7. The van der Waals surface area contributed by atoms with E-state index in [1.54, 1.807) is 6.08 Å². The van der Waals surface area contributed by atoms with Gasteiger partial charge < -0.3 is 9.64 Å². The Balaban J connectivity index is 1.66. The molecule has 2 saturated heterocycles. The van der Waals surface area contributed by atoms with E-state index in [1.165, 1.54) is 0 Å². The predicted molar refractivity (Wildman–Crippen MR) is 62.1 cm³/mol. The Bertz CT molecular complexity index is 266. The highest BCUT2D eigenvalue weighted by Crippen LogP contribution is 2.14. The molecule has 16 heavy (non-hydrogen) atoms. The molecule has 0 aromatic heterocycles.